The van der Waals surface area contributed by atoms with Gasteiger partial charge in [-0.25, -0.2) is 0 Å². The highest BCUT2D eigenvalue weighted by Crippen LogP contribution is 2.46. The maximum absolute atomic E-state index is 13.2. The predicted molar refractivity (Wildman–Crippen MR) is 93.3 cm³/mol. The number of thiophene rings is 1. The van der Waals surface area contributed by atoms with Crippen LogP contribution in [0, 0.1) is 5.41 Å². The van der Waals surface area contributed by atoms with E-state index in [1.165, 1.54) is 18.4 Å². The molecule has 5 nitrogen and oxygen atoms in total. The van der Waals surface area contributed by atoms with Crippen molar-refractivity contribution in [3.05, 3.63) is 21.9 Å². The largest absolute Gasteiger partial charge is 0.469 e. The van der Waals surface area contributed by atoms with Gasteiger partial charge in [-0.3, -0.25) is 14.4 Å². The molecule has 0 aromatic carbocycles. The molecule has 1 aromatic heterocycles. The predicted octanol–water partition coefficient (Wildman–Crippen LogP) is 3.03. The number of carbonyl (C=O) groups excluding carboxylic acids is 3. The first-order valence-corrected chi connectivity index (χ1v) is 8.80. The van der Waals surface area contributed by atoms with Crippen molar-refractivity contribution >= 4 is 29.5 Å². The molecule has 0 N–H and O–H groups in total. The van der Waals surface area contributed by atoms with Crippen LogP contribution in [0.1, 0.15) is 55.6 Å². The maximum atomic E-state index is 13.2. The second-order valence-electron chi connectivity index (χ2n) is 7.53. The van der Waals surface area contributed by atoms with E-state index < -0.39 is 16.4 Å². The lowest BCUT2D eigenvalue weighted by Crippen LogP contribution is -2.59. The van der Waals surface area contributed by atoms with E-state index in [2.05, 4.69) is 0 Å². The van der Waals surface area contributed by atoms with Crippen molar-refractivity contribution in [3.63, 3.8) is 0 Å². The van der Waals surface area contributed by atoms with Gasteiger partial charge in [0, 0.05) is 11.4 Å². The number of hydrogen-bond acceptors (Lipinski definition) is 5. The molecule has 0 radical (unpaired) electrons. The number of aldehydes is 1. The molecule has 1 fully saturated rings. The molecule has 1 aromatic rings. The summed E-state index contributed by atoms with van der Waals surface area (Å²) in [6.45, 7) is 9.89. The minimum absolute atomic E-state index is 0.0104. The lowest BCUT2D eigenvalue weighted by atomic mass is 9.73. The first kappa shape index (κ1) is 18.6. The van der Waals surface area contributed by atoms with E-state index in [9.17, 15) is 14.4 Å². The molecule has 1 aliphatic heterocycles. The Balaban J connectivity index is 2.37. The van der Waals surface area contributed by atoms with Gasteiger partial charge in [-0.1, -0.05) is 0 Å². The summed E-state index contributed by atoms with van der Waals surface area (Å²) >= 11 is 1.36. The smallest absolute Gasteiger partial charge is 0.313 e. The summed E-state index contributed by atoms with van der Waals surface area (Å²) < 4.78 is 4.94. The number of carbonyl (C=O) groups is 3. The van der Waals surface area contributed by atoms with Gasteiger partial charge in [-0.2, -0.15) is 0 Å². The standard InChI is InChI=1S/C18H25NO4S/c1-16(2,15(22)23-6)17(3,4)19-10-9-18(5,14(19)21)13-8-7-12(11-20)24-13/h7-8,11H,9-10H2,1-6H3. The van der Waals surface area contributed by atoms with E-state index >= 15 is 0 Å². The third-order valence-corrected chi connectivity index (χ3v) is 7.01. The van der Waals surface area contributed by atoms with Crippen LogP contribution in [0.25, 0.3) is 0 Å². The van der Waals surface area contributed by atoms with Crippen molar-refractivity contribution in [3.8, 4) is 0 Å². The topological polar surface area (TPSA) is 63.7 Å². The van der Waals surface area contributed by atoms with Gasteiger partial charge in [0.2, 0.25) is 5.91 Å². The highest BCUT2D eigenvalue weighted by molar-refractivity contribution is 7.13. The quantitative estimate of drug-likeness (QED) is 0.604. The number of esters is 1. The first-order chi connectivity index (χ1) is 11.0. The fourth-order valence-electron chi connectivity index (χ4n) is 3.16. The summed E-state index contributed by atoms with van der Waals surface area (Å²) in [4.78, 5) is 39.7. The zero-order valence-electron chi connectivity index (χ0n) is 15.1. The monoisotopic (exact) mass is 351 g/mol. The van der Waals surface area contributed by atoms with Crippen LogP contribution in [0.5, 0.6) is 0 Å². The Bertz CT molecular complexity index is 676. The molecule has 1 saturated heterocycles. The van der Waals surface area contributed by atoms with Gasteiger partial charge in [-0.05, 0) is 53.2 Å². The second kappa shape index (κ2) is 5.99. The number of likely N-dealkylation sites (tertiary alicyclic amines) is 1. The van der Waals surface area contributed by atoms with Crippen LogP contribution in [0.2, 0.25) is 0 Å². The van der Waals surface area contributed by atoms with E-state index in [1.807, 2.05) is 26.8 Å². The molecule has 6 heteroatoms. The molecule has 24 heavy (non-hydrogen) atoms. The summed E-state index contributed by atoms with van der Waals surface area (Å²) in [7, 11) is 1.36. The second-order valence-corrected chi connectivity index (χ2v) is 8.65. The van der Waals surface area contributed by atoms with Crippen LogP contribution >= 0.6 is 11.3 Å². The van der Waals surface area contributed by atoms with E-state index in [1.54, 1.807) is 24.8 Å². The van der Waals surface area contributed by atoms with Crippen LogP contribution in [0.15, 0.2) is 12.1 Å². The van der Waals surface area contributed by atoms with E-state index in [0.29, 0.717) is 17.8 Å². The summed E-state index contributed by atoms with van der Waals surface area (Å²) in [6, 6.07) is 3.60. The van der Waals surface area contributed by atoms with Crippen molar-refractivity contribution in [2.24, 2.45) is 5.41 Å². The lowest BCUT2D eigenvalue weighted by Gasteiger charge is -2.46. The number of amides is 1. The fourth-order valence-corrected chi connectivity index (χ4v) is 4.15. The Kier molecular flexibility index (Phi) is 4.65. The van der Waals surface area contributed by atoms with Crippen LogP contribution in [0.3, 0.4) is 0 Å². The third-order valence-electron chi connectivity index (χ3n) is 5.74. The lowest BCUT2D eigenvalue weighted by molar-refractivity contribution is -0.162. The molecule has 2 heterocycles. The van der Waals surface area contributed by atoms with Gasteiger partial charge in [0.1, 0.15) is 0 Å². The zero-order chi connectivity index (χ0) is 18.3. The molecule has 0 bridgehead atoms. The van der Waals surface area contributed by atoms with Crippen molar-refractivity contribution < 1.29 is 19.1 Å². The molecular formula is C18H25NO4S. The molecule has 0 spiro atoms. The van der Waals surface area contributed by atoms with Crippen LogP contribution in [-0.2, 0) is 19.7 Å². The van der Waals surface area contributed by atoms with Gasteiger partial charge >= 0.3 is 5.97 Å². The minimum Gasteiger partial charge on any atom is -0.469 e. The summed E-state index contributed by atoms with van der Waals surface area (Å²) in [6.07, 6.45) is 1.46. The highest BCUT2D eigenvalue weighted by Gasteiger charge is 2.56. The van der Waals surface area contributed by atoms with Crippen molar-refractivity contribution in [2.75, 3.05) is 13.7 Å². The molecule has 1 amide bonds. The summed E-state index contributed by atoms with van der Waals surface area (Å²) in [5.41, 5.74) is -2.19. The SMILES string of the molecule is COC(=O)C(C)(C)C(C)(C)N1CCC(C)(c2ccc(C=O)s2)C1=O. The Morgan fingerprint density at radius 1 is 1.33 bits per heavy atom. The summed E-state index contributed by atoms with van der Waals surface area (Å²) in [5.74, 6) is -0.350. The van der Waals surface area contributed by atoms with E-state index in [4.69, 9.17) is 4.74 Å². The number of ether oxygens (including phenoxy) is 1. The maximum Gasteiger partial charge on any atom is 0.313 e. The Morgan fingerprint density at radius 3 is 2.46 bits per heavy atom. The number of hydrogen-bond donors (Lipinski definition) is 0. The molecular weight excluding hydrogens is 326 g/mol. The van der Waals surface area contributed by atoms with Crippen molar-refractivity contribution in [1.82, 2.24) is 4.90 Å². The average molecular weight is 351 g/mol. The van der Waals surface area contributed by atoms with Gasteiger partial charge in [0.25, 0.3) is 0 Å². The van der Waals surface area contributed by atoms with Gasteiger partial charge in [-0.15, -0.1) is 11.3 Å². The van der Waals surface area contributed by atoms with Gasteiger partial charge < -0.3 is 9.64 Å². The van der Waals surface area contributed by atoms with E-state index in [-0.39, 0.29) is 11.9 Å². The molecule has 1 unspecified atom stereocenters. The van der Waals surface area contributed by atoms with Crippen LogP contribution < -0.4 is 0 Å². The molecule has 132 valence electrons. The molecule has 0 aliphatic carbocycles. The first-order valence-electron chi connectivity index (χ1n) is 7.98. The van der Waals surface area contributed by atoms with Gasteiger partial charge in [0.05, 0.1) is 28.4 Å². The Morgan fingerprint density at radius 2 is 1.96 bits per heavy atom. The molecule has 0 saturated carbocycles. The van der Waals surface area contributed by atoms with Gasteiger partial charge in [0.15, 0.2) is 6.29 Å². The number of rotatable bonds is 5. The average Bonchev–Trinajstić information content (AvgIpc) is 3.13. The molecule has 1 aliphatic rings. The Hall–Kier alpha value is -1.69. The number of nitrogens with zero attached hydrogens (tertiary/aromatic N) is 1. The summed E-state index contributed by atoms with van der Waals surface area (Å²) in [5, 5.41) is 0. The van der Waals surface area contributed by atoms with E-state index in [0.717, 1.165) is 11.2 Å². The zero-order valence-corrected chi connectivity index (χ0v) is 16.0. The number of methoxy groups -OCH3 is 1. The minimum atomic E-state index is -0.841. The fraction of sp³-hybridized carbons (Fsp3) is 0.611. The Labute approximate surface area is 147 Å². The van der Waals surface area contributed by atoms with Crippen molar-refractivity contribution in [2.45, 2.75) is 52.0 Å². The normalized spacial score (nSPS) is 21.9. The highest BCUT2D eigenvalue weighted by atomic mass is 32.1. The molecule has 1 atom stereocenters. The third kappa shape index (κ3) is 2.57. The van der Waals surface area contributed by atoms with Crippen LogP contribution in [-0.4, -0.2) is 42.3 Å². The molecule has 2 rings (SSSR count). The van der Waals surface area contributed by atoms with Crippen LogP contribution in [0.4, 0.5) is 0 Å². The van der Waals surface area contributed by atoms with Crippen molar-refractivity contribution in [1.29, 1.82) is 0 Å².